The minimum atomic E-state index is -0.722. The molecule has 6 nitrogen and oxygen atoms in total. The molecule has 4 N–H and O–H groups in total. The molecule has 1 saturated heterocycles. The number of aliphatic hydroxyl groups is 1. The van der Waals surface area contributed by atoms with E-state index in [1.807, 2.05) is 24.3 Å². The molecule has 2 heterocycles. The summed E-state index contributed by atoms with van der Waals surface area (Å²) in [6.45, 7) is 11.3. The molecule has 2 bridgehead atoms. The quantitative estimate of drug-likeness (QED) is 0.392. The van der Waals surface area contributed by atoms with Crippen LogP contribution in [0.5, 0.6) is 0 Å². The first-order valence-corrected chi connectivity index (χ1v) is 14.9. The molecule has 4 rings (SSSR count). The number of hydrogen-bond acceptors (Lipinski definition) is 5. The highest BCUT2D eigenvalue weighted by Crippen LogP contribution is 2.33. The van der Waals surface area contributed by atoms with Crippen molar-refractivity contribution in [1.29, 1.82) is 0 Å². The standard InChI is InChI=1S/C33H49N3O3/c1-24-12-8-6-5-7-9-17-34-28-16-10-13-25(19-28)31(38)36-29(18-24)30(37)21-35-33(22-39-23-33)27-15-11-14-26(20-27)32(2,3)4/h10-11,13-16,19-20,24,29-30,34-35,37H,5-9,12,17-18,21-23H2,1-4H3,(H,36,38)/t24-,29+,30-/m1/s1. The molecule has 2 aromatic rings. The fourth-order valence-corrected chi connectivity index (χ4v) is 5.67. The van der Waals surface area contributed by atoms with E-state index in [0.717, 1.165) is 31.5 Å². The van der Waals surface area contributed by atoms with E-state index in [1.165, 1.54) is 36.8 Å². The van der Waals surface area contributed by atoms with Crippen molar-refractivity contribution in [3.05, 3.63) is 65.2 Å². The van der Waals surface area contributed by atoms with Crippen LogP contribution in [0.1, 0.15) is 94.1 Å². The van der Waals surface area contributed by atoms with Crippen LogP contribution in [0.25, 0.3) is 0 Å². The number of benzene rings is 2. The molecule has 0 saturated carbocycles. The van der Waals surface area contributed by atoms with Crippen LogP contribution in [-0.2, 0) is 15.7 Å². The molecule has 0 aromatic heterocycles. The van der Waals surface area contributed by atoms with Gasteiger partial charge in [-0.25, -0.2) is 0 Å². The maximum atomic E-state index is 13.3. The van der Waals surface area contributed by atoms with Crippen molar-refractivity contribution in [2.75, 3.05) is 31.6 Å². The molecule has 214 valence electrons. The highest BCUT2D eigenvalue weighted by atomic mass is 16.5. The zero-order valence-electron chi connectivity index (χ0n) is 24.4. The first-order valence-electron chi connectivity index (χ1n) is 14.9. The van der Waals surface area contributed by atoms with Crippen LogP contribution in [-0.4, -0.2) is 49.5 Å². The van der Waals surface area contributed by atoms with Crippen LogP contribution >= 0.6 is 0 Å². The van der Waals surface area contributed by atoms with Crippen LogP contribution in [0.3, 0.4) is 0 Å². The second-order valence-corrected chi connectivity index (χ2v) is 12.8. The van der Waals surface area contributed by atoms with Gasteiger partial charge in [-0.05, 0) is 53.5 Å². The lowest BCUT2D eigenvalue weighted by Gasteiger charge is -2.44. The summed E-state index contributed by atoms with van der Waals surface area (Å²) in [5, 5.41) is 21.7. The molecule has 0 unspecified atom stereocenters. The van der Waals surface area contributed by atoms with E-state index in [9.17, 15) is 9.90 Å². The number of anilines is 1. The summed E-state index contributed by atoms with van der Waals surface area (Å²) in [4.78, 5) is 13.3. The topological polar surface area (TPSA) is 82.6 Å². The minimum Gasteiger partial charge on any atom is -0.390 e. The van der Waals surface area contributed by atoms with Gasteiger partial charge < -0.3 is 25.8 Å². The average Bonchev–Trinajstić information content (AvgIpc) is 2.88. The Morgan fingerprint density at radius 2 is 1.79 bits per heavy atom. The first kappa shape index (κ1) is 29.6. The van der Waals surface area contributed by atoms with Gasteiger partial charge >= 0.3 is 0 Å². The molecule has 1 fully saturated rings. The zero-order valence-corrected chi connectivity index (χ0v) is 24.4. The van der Waals surface area contributed by atoms with E-state index in [2.05, 4.69) is 67.9 Å². The molecule has 2 aromatic carbocycles. The van der Waals surface area contributed by atoms with Crippen molar-refractivity contribution < 1.29 is 14.6 Å². The van der Waals surface area contributed by atoms with E-state index in [-0.39, 0.29) is 22.9 Å². The van der Waals surface area contributed by atoms with Gasteiger partial charge in [0.25, 0.3) is 5.91 Å². The average molecular weight is 536 g/mol. The summed E-state index contributed by atoms with van der Waals surface area (Å²) in [7, 11) is 0. The van der Waals surface area contributed by atoms with Gasteiger partial charge in [0, 0.05) is 24.3 Å². The van der Waals surface area contributed by atoms with Gasteiger partial charge in [-0.1, -0.05) is 90.1 Å². The third kappa shape index (κ3) is 8.06. The maximum Gasteiger partial charge on any atom is 0.251 e. The molecule has 2 aliphatic rings. The third-order valence-corrected chi connectivity index (χ3v) is 8.39. The van der Waals surface area contributed by atoms with Gasteiger partial charge in [-0.3, -0.25) is 4.79 Å². The fraction of sp³-hybridized carbons (Fsp3) is 0.606. The van der Waals surface area contributed by atoms with Crippen molar-refractivity contribution in [3.63, 3.8) is 0 Å². The van der Waals surface area contributed by atoms with Gasteiger partial charge in [0.15, 0.2) is 0 Å². The number of aliphatic hydroxyl groups excluding tert-OH is 1. The summed E-state index contributed by atoms with van der Waals surface area (Å²) in [5.74, 6) is 0.275. The van der Waals surface area contributed by atoms with Crippen molar-refractivity contribution in [1.82, 2.24) is 10.6 Å². The zero-order chi connectivity index (χ0) is 27.9. The maximum absolute atomic E-state index is 13.3. The molecule has 39 heavy (non-hydrogen) atoms. The Balaban J connectivity index is 1.48. The second kappa shape index (κ2) is 13.3. The molecule has 2 aliphatic heterocycles. The van der Waals surface area contributed by atoms with E-state index in [0.29, 0.717) is 31.2 Å². The normalized spacial score (nSPS) is 23.7. The lowest BCUT2D eigenvalue weighted by molar-refractivity contribution is -0.0833. The highest BCUT2D eigenvalue weighted by Gasteiger charge is 2.41. The molecule has 6 heteroatoms. The van der Waals surface area contributed by atoms with Gasteiger partial charge in [0.2, 0.25) is 0 Å². The minimum absolute atomic E-state index is 0.0538. The van der Waals surface area contributed by atoms with Crippen LogP contribution < -0.4 is 16.0 Å². The smallest absolute Gasteiger partial charge is 0.251 e. The molecular weight excluding hydrogens is 486 g/mol. The lowest BCUT2D eigenvalue weighted by atomic mass is 9.81. The van der Waals surface area contributed by atoms with E-state index < -0.39 is 6.10 Å². The van der Waals surface area contributed by atoms with Crippen LogP contribution in [0.2, 0.25) is 0 Å². The van der Waals surface area contributed by atoms with Crippen molar-refractivity contribution >= 4 is 11.6 Å². The van der Waals surface area contributed by atoms with E-state index >= 15 is 0 Å². The predicted molar refractivity (Wildman–Crippen MR) is 159 cm³/mol. The van der Waals surface area contributed by atoms with Crippen LogP contribution in [0, 0.1) is 5.92 Å². The first-order chi connectivity index (χ1) is 18.7. The number of ether oxygens (including phenoxy) is 1. The van der Waals surface area contributed by atoms with Gasteiger partial charge in [-0.2, -0.15) is 0 Å². The number of rotatable bonds is 5. The number of nitrogens with one attached hydrogen (secondary N) is 3. The molecule has 0 spiro atoms. The highest BCUT2D eigenvalue weighted by molar-refractivity contribution is 5.95. The number of carbonyl (C=O) groups excluding carboxylic acids is 1. The largest absolute Gasteiger partial charge is 0.390 e. The van der Waals surface area contributed by atoms with Crippen LogP contribution in [0.4, 0.5) is 5.69 Å². The summed E-state index contributed by atoms with van der Waals surface area (Å²) in [6, 6.07) is 16.0. The molecule has 1 amide bonds. The van der Waals surface area contributed by atoms with E-state index in [4.69, 9.17) is 4.74 Å². The van der Waals surface area contributed by atoms with Crippen molar-refractivity contribution in [2.45, 2.75) is 95.7 Å². The summed E-state index contributed by atoms with van der Waals surface area (Å²) < 4.78 is 5.67. The summed E-state index contributed by atoms with van der Waals surface area (Å²) in [6.07, 6.45) is 7.16. The number of fused-ring (bicyclic) bond motifs is 2. The Morgan fingerprint density at radius 1 is 1.05 bits per heavy atom. The van der Waals surface area contributed by atoms with Crippen molar-refractivity contribution in [3.8, 4) is 0 Å². The lowest BCUT2D eigenvalue weighted by Crippen LogP contribution is -2.60. The predicted octanol–water partition coefficient (Wildman–Crippen LogP) is 5.75. The SMILES string of the molecule is C[C@@H]1CCCCCCCNc2cccc(c2)C(=O)N[C@H]([C@H](O)CNC2(c3cccc(C(C)(C)C)c3)COC2)C1. The van der Waals surface area contributed by atoms with Crippen molar-refractivity contribution in [2.24, 2.45) is 5.92 Å². The second-order valence-electron chi connectivity index (χ2n) is 12.8. The monoisotopic (exact) mass is 535 g/mol. The third-order valence-electron chi connectivity index (χ3n) is 8.39. The Bertz CT molecular complexity index is 1080. The number of amides is 1. The number of hydrogen-bond donors (Lipinski definition) is 4. The Kier molecular flexibility index (Phi) is 10.1. The Morgan fingerprint density at radius 3 is 2.54 bits per heavy atom. The fourth-order valence-electron chi connectivity index (χ4n) is 5.67. The summed E-state index contributed by atoms with van der Waals surface area (Å²) in [5.41, 5.74) is 3.78. The van der Waals surface area contributed by atoms with E-state index in [1.54, 1.807) is 0 Å². The molecule has 0 radical (unpaired) electrons. The molecular formula is C33H49N3O3. The van der Waals surface area contributed by atoms with Gasteiger partial charge in [0.05, 0.1) is 30.9 Å². The summed E-state index contributed by atoms with van der Waals surface area (Å²) >= 11 is 0. The van der Waals surface area contributed by atoms with Crippen LogP contribution in [0.15, 0.2) is 48.5 Å². The molecule has 3 atom stereocenters. The Hall–Kier alpha value is -2.41. The van der Waals surface area contributed by atoms with Gasteiger partial charge in [0.1, 0.15) is 0 Å². The van der Waals surface area contributed by atoms with Gasteiger partial charge in [-0.15, -0.1) is 0 Å². The molecule has 0 aliphatic carbocycles. The Labute approximate surface area is 235 Å². The number of carbonyl (C=O) groups is 1.